The molecular formula is C27H29N5O3. The predicted octanol–water partition coefficient (Wildman–Crippen LogP) is 3.34. The standard InChI is InChI=1S/C27H29N5O3/c1-5-27(2,3)14-13-19-11-12-22-21(15-19)32(4)26(34)20(17-35-22)28-25(33)24-29-23(30-31-24)16-18-9-7-6-8-10-18/h6-12,15,20H,5,16-17H2,1-4H3,(H,28,33)(H,29,30,31)/t20-/m0/s1. The van der Waals surface area contributed by atoms with E-state index in [4.69, 9.17) is 4.74 Å². The molecule has 4 rings (SSSR count). The number of nitrogens with one attached hydrogen (secondary N) is 2. The predicted molar refractivity (Wildman–Crippen MR) is 133 cm³/mol. The number of aromatic nitrogens is 3. The Hall–Kier alpha value is -4.12. The molecule has 0 spiro atoms. The molecule has 0 saturated heterocycles. The third-order valence-electron chi connectivity index (χ3n) is 6.04. The lowest BCUT2D eigenvalue weighted by Crippen LogP contribution is -2.49. The van der Waals surface area contributed by atoms with Gasteiger partial charge in [-0.05, 0) is 44.0 Å². The van der Waals surface area contributed by atoms with Gasteiger partial charge < -0.3 is 15.0 Å². The molecule has 8 heteroatoms. The van der Waals surface area contributed by atoms with E-state index in [1.807, 2.05) is 42.5 Å². The number of hydrogen-bond acceptors (Lipinski definition) is 5. The van der Waals surface area contributed by atoms with Crippen molar-refractivity contribution in [3.8, 4) is 17.6 Å². The third-order valence-corrected chi connectivity index (χ3v) is 6.04. The van der Waals surface area contributed by atoms with Crippen molar-refractivity contribution in [2.45, 2.75) is 39.7 Å². The number of carbonyl (C=O) groups is 2. The second kappa shape index (κ2) is 10.0. The fourth-order valence-corrected chi connectivity index (χ4v) is 3.50. The van der Waals surface area contributed by atoms with Gasteiger partial charge in [-0.2, -0.15) is 0 Å². The maximum atomic E-state index is 13.1. The van der Waals surface area contributed by atoms with Crippen LogP contribution in [0.2, 0.25) is 0 Å². The minimum atomic E-state index is -0.885. The zero-order chi connectivity index (χ0) is 25.0. The maximum absolute atomic E-state index is 13.1. The van der Waals surface area contributed by atoms with Gasteiger partial charge >= 0.3 is 0 Å². The first-order valence-corrected chi connectivity index (χ1v) is 11.6. The third kappa shape index (κ3) is 5.69. The van der Waals surface area contributed by atoms with Crippen LogP contribution in [0.15, 0.2) is 48.5 Å². The summed E-state index contributed by atoms with van der Waals surface area (Å²) in [5.74, 6) is 6.72. The second-order valence-corrected chi connectivity index (χ2v) is 9.17. The van der Waals surface area contributed by atoms with Crippen LogP contribution in [0.4, 0.5) is 5.69 Å². The number of ether oxygens (including phenoxy) is 1. The van der Waals surface area contributed by atoms with Crippen LogP contribution in [0, 0.1) is 17.3 Å². The van der Waals surface area contributed by atoms with Crippen LogP contribution < -0.4 is 15.0 Å². The Morgan fingerprint density at radius 1 is 1.26 bits per heavy atom. The molecule has 0 aliphatic carbocycles. The molecule has 3 aromatic rings. The monoisotopic (exact) mass is 471 g/mol. The summed E-state index contributed by atoms with van der Waals surface area (Å²) in [4.78, 5) is 31.7. The molecule has 1 aliphatic rings. The average Bonchev–Trinajstić information content (AvgIpc) is 3.29. The number of carbonyl (C=O) groups excluding carboxylic acids is 2. The number of amides is 2. The Morgan fingerprint density at radius 3 is 2.77 bits per heavy atom. The Labute approximate surface area is 205 Å². The summed E-state index contributed by atoms with van der Waals surface area (Å²) in [7, 11) is 1.66. The van der Waals surface area contributed by atoms with Gasteiger partial charge in [-0.15, -0.1) is 5.10 Å². The van der Waals surface area contributed by atoms with E-state index in [9.17, 15) is 9.59 Å². The minimum Gasteiger partial charge on any atom is -0.489 e. The van der Waals surface area contributed by atoms with Gasteiger partial charge in [-0.25, -0.2) is 4.98 Å². The van der Waals surface area contributed by atoms with E-state index in [1.165, 1.54) is 4.90 Å². The van der Waals surface area contributed by atoms with Gasteiger partial charge in [-0.3, -0.25) is 14.7 Å². The maximum Gasteiger partial charge on any atom is 0.291 e. The molecule has 180 valence electrons. The molecule has 8 nitrogen and oxygen atoms in total. The summed E-state index contributed by atoms with van der Waals surface area (Å²) in [6.07, 6.45) is 1.46. The Bertz CT molecular complexity index is 1290. The summed E-state index contributed by atoms with van der Waals surface area (Å²) in [5.41, 5.74) is 2.35. The topological polar surface area (TPSA) is 100 Å². The van der Waals surface area contributed by atoms with Crippen molar-refractivity contribution in [3.05, 3.63) is 71.3 Å². The number of H-pyrrole nitrogens is 1. The van der Waals surface area contributed by atoms with Crippen LogP contribution in [0.5, 0.6) is 5.75 Å². The summed E-state index contributed by atoms with van der Waals surface area (Å²) in [5, 5.41) is 9.51. The van der Waals surface area contributed by atoms with Crippen molar-refractivity contribution >= 4 is 17.5 Å². The lowest BCUT2D eigenvalue weighted by Gasteiger charge is -2.20. The number of nitrogens with zero attached hydrogens (tertiary/aromatic N) is 3. The minimum absolute atomic E-state index is 0.00288. The first kappa shape index (κ1) is 24.0. The van der Waals surface area contributed by atoms with Crippen molar-refractivity contribution in [2.75, 3.05) is 18.6 Å². The highest BCUT2D eigenvalue weighted by Gasteiger charge is 2.31. The highest BCUT2D eigenvalue weighted by atomic mass is 16.5. The Kier molecular flexibility index (Phi) is 6.87. The van der Waals surface area contributed by atoms with Crippen molar-refractivity contribution in [1.82, 2.24) is 20.5 Å². The van der Waals surface area contributed by atoms with Gasteiger partial charge in [0, 0.05) is 24.4 Å². The van der Waals surface area contributed by atoms with Crippen LogP contribution in [0.1, 0.15) is 54.8 Å². The number of hydrogen-bond donors (Lipinski definition) is 2. The fraction of sp³-hybridized carbons (Fsp3) is 0.333. The van der Waals surface area contributed by atoms with Crippen LogP contribution >= 0.6 is 0 Å². The number of fused-ring (bicyclic) bond motifs is 1. The second-order valence-electron chi connectivity index (χ2n) is 9.17. The van der Waals surface area contributed by atoms with Crippen LogP contribution in [-0.2, 0) is 11.2 Å². The van der Waals surface area contributed by atoms with Crippen molar-refractivity contribution in [2.24, 2.45) is 5.41 Å². The van der Waals surface area contributed by atoms with E-state index < -0.39 is 11.9 Å². The molecule has 2 aromatic carbocycles. The zero-order valence-electron chi connectivity index (χ0n) is 20.4. The van der Waals surface area contributed by atoms with Gasteiger partial charge in [0.05, 0.1) is 5.69 Å². The number of rotatable bonds is 5. The molecule has 0 radical (unpaired) electrons. The summed E-state index contributed by atoms with van der Waals surface area (Å²) in [6.45, 7) is 6.28. The van der Waals surface area contributed by atoms with Crippen molar-refractivity contribution in [1.29, 1.82) is 0 Å². The number of benzene rings is 2. The first-order valence-electron chi connectivity index (χ1n) is 11.6. The van der Waals surface area contributed by atoms with Gasteiger partial charge in [0.2, 0.25) is 5.82 Å². The molecule has 2 heterocycles. The summed E-state index contributed by atoms with van der Waals surface area (Å²) >= 11 is 0. The van der Waals surface area contributed by atoms with Crippen LogP contribution in [0.3, 0.4) is 0 Å². The van der Waals surface area contributed by atoms with E-state index in [1.54, 1.807) is 13.1 Å². The molecule has 35 heavy (non-hydrogen) atoms. The molecule has 0 bridgehead atoms. The molecule has 1 aliphatic heterocycles. The number of anilines is 1. The number of likely N-dealkylation sites (N-methyl/N-ethyl adjacent to an activating group) is 1. The van der Waals surface area contributed by atoms with Crippen molar-refractivity contribution in [3.63, 3.8) is 0 Å². The molecule has 2 N–H and O–H groups in total. The van der Waals surface area contributed by atoms with E-state index in [-0.39, 0.29) is 23.8 Å². The molecular weight excluding hydrogens is 442 g/mol. The zero-order valence-corrected chi connectivity index (χ0v) is 20.4. The lowest BCUT2D eigenvalue weighted by atomic mass is 9.91. The van der Waals surface area contributed by atoms with E-state index >= 15 is 0 Å². The van der Waals surface area contributed by atoms with Crippen LogP contribution in [0.25, 0.3) is 0 Å². The molecule has 2 amide bonds. The normalized spacial score (nSPS) is 15.4. The van der Waals surface area contributed by atoms with Crippen LogP contribution in [-0.4, -0.2) is 46.7 Å². The highest BCUT2D eigenvalue weighted by Crippen LogP contribution is 2.31. The molecule has 0 saturated carbocycles. The average molecular weight is 472 g/mol. The lowest BCUT2D eigenvalue weighted by molar-refractivity contribution is -0.120. The summed E-state index contributed by atoms with van der Waals surface area (Å²) in [6, 6.07) is 14.4. The van der Waals surface area contributed by atoms with Gasteiger partial charge in [-0.1, -0.05) is 49.1 Å². The summed E-state index contributed by atoms with van der Waals surface area (Å²) < 4.78 is 5.87. The number of aromatic amines is 1. The van der Waals surface area contributed by atoms with Crippen molar-refractivity contribution < 1.29 is 14.3 Å². The molecule has 0 unspecified atom stereocenters. The highest BCUT2D eigenvalue weighted by molar-refractivity contribution is 6.02. The molecule has 1 aromatic heterocycles. The largest absolute Gasteiger partial charge is 0.489 e. The van der Waals surface area contributed by atoms with E-state index in [0.717, 1.165) is 17.5 Å². The van der Waals surface area contributed by atoms with E-state index in [0.29, 0.717) is 23.7 Å². The quantitative estimate of drug-likeness (QED) is 0.556. The fourth-order valence-electron chi connectivity index (χ4n) is 3.50. The Morgan fingerprint density at radius 2 is 2.03 bits per heavy atom. The molecule has 1 atom stereocenters. The van der Waals surface area contributed by atoms with Gasteiger partial charge in [0.25, 0.3) is 11.8 Å². The van der Waals surface area contributed by atoms with Gasteiger partial charge in [0.15, 0.2) is 0 Å². The van der Waals surface area contributed by atoms with Gasteiger partial charge in [0.1, 0.15) is 24.2 Å². The molecule has 0 fully saturated rings. The smallest absolute Gasteiger partial charge is 0.291 e. The first-order chi connectivity index (χ1) is 16.8. The SMILES string of the molecule is CCC(C)(C)C#Cc1ccc2c(c1)N(C)C(=O)[C@@H](NC(=O)c1n[nH]c(Cc3ccccc3)n1)CO2. The van der Waals surface area contributed by atoms with E-state index in [2.05, 4.69) is 53.1 Å². The Balaban J connectivity index is 1.46.